The summed E-state index contributed by atoms with van der Waals surface area (Å²) in [5, 5.41) is 0.914. The topological polar surface area (TPSA) is 3.24 Å². The van der Waals surface area contributed by atoms with E-state index in [1.807, 2.05) is 0 Å². The Bertz CT molecular complexity index is 506. The number of hydrogen-bond donors (Lipinski definition) is 0. The predicted octanol–water partition coefficient (Wildman–Crippen LogP) is 5.54. The van der Waals surface area contributed by atoms with E-state index in [4.69, 9.17) is 11.6 Å². The van der Waals surface area contributed by atoms with Crippen molar-refractivity contribution in [3.63, 3.8) is 0 Å². The molecule has 0 radical (unpaired) electrons. The van der Waals surface area contributed by atoms with Crippen molar-refractivity contribution in [2.75, 3.05) is 13.1 Å². The molecular weight excluding hydrogens is 278 g/mol. The highest BCUT2D eigenvalue weighted by Gasteiger charge is 2.37. The second-order valence-corrected chi connectivity index (χ2v) is 7.80. The molecule has 2 aliphatic carbocycles. The second kappa shape index (κ2) is 5.93. The van der Waals surface area contributed by atoms with Crippen molar-refractivity contribution in [3.05, 3.63) is 34.3 Å². The van der Waals surface area contributed by atoms with Crippen molar-refractivity contribution in [1.29, 1.82) is 0 Å². The second-order valence-electron chi connectivity index (χ2n) is 7.36. The Morgan fingerprint density at radius 3 is 2.71 bits per heavy atom. The molecule has 2 fully saturated rings. The van der Waals surface area contributed by atoms with E-state index in [1.54, 1.807) is 11.1 Å². The van der Waals surface area contributed by atoms with E-state index in [0.29, 0.717) is 6.04 Å². The molecule has 1 nitrogen and oxygen atoms in total. The van der Waals surface area contributed by atoms with E-state index in [0.717, 1.165) is 16.9 Å². The molecule has 0 N–H and O–H groups in total. The number of nitrogens with zero attached hydrogens (tertiary/aromatic N) is 1. The number of benzene rings is 1. The summed E-state index contributed by atoms with van der Waals surface area (Å²) in [4.78, 5) is 2.80. The van der Waals surface area contributed by atoms with Gasteiger partial charge in [0.15, 0.2) is 0 Å². The van der Waals surface area contributed by atoms with Gasteiger partial charge in [0.25, 0.3) is 0 Å². The summed E-state index contributed by atoms with van der Waals surface area (Å²) in [5.41, 5.74) is 3.14. The molecule has 1 aromatic carbocycles. The molecule has 3 aliphatic rings. The number of rotatable bonds is 2. The molecule has 0 spiro atoms. The Morgan fingerprint density at radius 1 is 1.00 bits per heavy atom. The fourth-order valence-corrected chi connectivity index (χ4v) is 5.15. The molecule has 4 rings (SSSR count). The van der Waals surface area contributed by atoms with Gasteiger partial charge in [-0.1, -0.05) is 36.9 Å². The number of halogens is 1. The molecule has 1 aromatic rings. The first-order chi connectivity index (χ1) is 10.3. The van der Waals surface area contributed by atoms with Crippen molar-refractivity contribution in [3.8, 4) is 0 Å². The Kier molecular flexibility index (Phi) is 3.98. The molecule has 1 aliphatic heterocycles. The molecule has 1 saturated heterocycles. The molecule has 114 valence electrons. The number of likely N-dealkylation sites (tertiary alicyclic amines) is 1. The van der Waals surface area contributed by atoms with Crippen LogP contribution in [0.2, 0.25) is 5.02 Å². The van der Waals surface area contributed by atoms with Gasteiger partial charge >= 0.3 is 0 Å². The van der Waals surface area contributed by atoms with E-state index in [2.05, 4.69) is 23.1 Å². The minimum Gasteiger partial charge on any atom is -0.296 e. The largest absolute Gasteiger partial charge is 0.296 e. The lowest BCUT2D eigenvalue weighted by Gasteiger charge is -2.34. The standard InChI is InChI=1S/C19H26ClN/c20-16-8-9-17-15-7-4-10-21(19(11-15)18(17)12-16)13-14-5-2-1-3-6-14/h8-9,12,14-15,19H,1-7,10-11,13H2/t15?,19-/m1/s1. The van der Waals surface area contributed by atoms with Gasteiger partial charge in [-0.3, -0.25) is 4.90 Å². The van der Waals surface area contributed by atoms with Crippen molar-refractivity contribution in [2.24, 2.45) is 5.92 Å². The van der Waals surface area contributed by atoms with Crippen LogP contribution in [0, 0.1) is 5.92 Å². The molecule has 2 atom stereocenters. The number of hydrogen-bond acceptors (Lipinski definition) is 1. The maximum atomic E-state index is 6.28. The summed E-state index contributed by atoms with van der Waals surface area (Å²) in [6.07, 6.45) is 11.3. The van der Waals surface area contributed by atoms with Gasteiger partial charge in [0.2, 0.25) is 0 Å². The lowest BCUT2D eigenvalue weighted by atomic mass is 9.88. The van der Waals surface area contributed by atoms with Crippen LogP contribution in [0.3, 0.4) is 0 Å². The predicted molar refractivity (Wildman–Crippen MR) is 88.9 cm³/mol. The Balaban J connectivity index is 1.57. The fourth-order valence-electron chi connectivity index (χ4n) is 4.97. The van der Waals surface area contributed by atoms with E-state index in [-0.39, 0.29) is 0 Å². The zero-order valence-corrected chi connectivity index (χ0v) is 13.6. The van der Waals surface area contributed by atoms with Crippen LogP contribution in [0.1, 0.15) is 74.5 Å². The molecule has 1 saturated carbocycles. The van der Waals surface area contributed by atoms with Crippen LogP contribution in [0.5, 0.6) is 0 Å². The van der Waals surface area contributed by atoms with Crippen LogP contribution in [-0.2, 0) is 0 Å². The van der Waals surface area contributed by atoms with Crippen LogP contribution in [0.25, 0.3) is 0 Å². The quantitative estimate of drug-likeness (QED) is 0.693. The SMILES string of the molecule is Clc1ccc2c(c1)[C@H]1CC2CCCN1CC1CCCCC1. The van der Waals surface area contributed by atoms with Crippen molar-refractivity contribution >= 4 is 11.6 Å². The summed E-state index contributed by atoms with van der Waals surface area (Å²) in [6.45, 7) is 2.62. The van der Waals surface area contributed by atoms with E-state index >= 15 is 0 Å². The van der Waals surface area contributed by atoms with Gasteiger partial charge in [-0.2, -0.15) is 0 Å². The van der Waals surface area contributed by atoms with E-state index < -0.39 is 0 Å². The highest BCUT2D eigenvalue weighted by molar-refractivity contribution is 6.30. The molecule has 0 aromatic heterocycles. The molecule has 0 amide bonds. The average molecular weight is 304 g/mol. The van der Waals surface area contributed by atoms with Crippen LogP contribution in [-0.4, -0.2) is 18.0 Å². The highest BCUT2D eigenvalue weighted by Crippen LogP contribution is 2.48. The Hall–Kier alpha value is -0.530. The van der Waals surface area contributed by atoms with Crippen molar-refractivity contribution < 1.29 is 0 Å². The summed E-state index contributed by atoms with van der Waals surface area (Å²) in [5.74, 6) is 1.73. The molecule has 2 heteroatoms. The van der Waals surface area contributed by atoms with Gasteiger partial charge in [0.05, 0.1) is 0 Å². The maximum absolute atomic E-state index is 6.28. The maximum Gasteiger partial charge on any atom is 0.0409 e. The van der Waals surface area contributed by atoms with Crippen LogP contribution < -0.4 is 0 Å². The van der Waals surface area contributed by atoms with Gasteiger partial charge in [0.1, 0.15) is 0 Å². The summed E-state index contributed by atoms with van der Waals surface area (Å²) < 4.78 is 0. The summed E-state index contributed by atoms with van der Waals surface area (Å²) in [7, 11) is 0. The van der Waals surface area contributed by atoms with Crippen molar-refractivity contribution in [1.82, 2.24) is 4.90 Å². The molecule has 1 heterocycles. The number of fused-ring (bicyclic) bond motifs is 5. The minimum atomic E-state index is 0.646. The first-order valence-corrected chi connectivity index (χ1v) is 9.22. The van der Waals surface area contributed by atoms with Crippen LogP contribution in [0.15, 0.2) is 18.2 Å². The molecule has 21 heavy (non-hydrogen) atoms. The first-order valence-electron chi connectivity index (χ1n) is 8.84. The first kappa shape index (κ1) is 14.1. The lowest BCUT2D eigenvalue weighted by Crippen LogP contribution is -2.33. The van der Waals surface area contributed by atoms with Gasteiger partial charge < -0.3 is 0 Å². The van der Waals surface area contributed by atoms with Gasteiger partial charge in [0, 0.05) is 17.6 Å². The molecular formula is C19H26ClN. The van der Waals surface area contributed by atoms with Gasteiger partial charge in [-0.15, -0.1) is 0 Å². The van der Waals surface area contributed by atoms with E-state index in [9.17, 15) is 0 Å². The van der Waals surface area contributed by atoms with E-state index in [1.165, 1.54) is 64.5 Å². The fraction of sp³-hybridized carbons (Fsp3) is 0.684. The van der Waals surface area contributed by atoms with Crippen LogP contribution >= 0.6 is 11.6 Å². The smallest absolute Gasteiger partial charge is 0.0409 e. The summed E-state index contributed by atoms with van der Waals surface area (Å²) >= 11 is 6.28. The Labute approximate surface area is 133 Å². The molecule has 1 unspecified atom stereocenters. The monoisotopic (exact) mass is 303 g/mol. The summed E-state index contributed by atoms with van der Waals surface area (Å²) in [6, 6.07) is 7.28. The molecule has 2 bridgehead atoms. The lowest BCUT2D eigenvalue weighted by molar-refractivity contribution is 0.154. The van der Waals surface area contributed by atoms with Gasteiger partial charge in [-0.05, 0) is 73.7 Å². The zero-order valence-electron chi connectivity index (χ0n) is 12.9. The normalized spacial score (nSPS) is 30.1. The minimum absolute atomic E-state index is 0.646. The third kappa shape index (κ3) is 2.75. The zero-order chi connectivity index (χ0) is 14.2. The highest BCUT2D eigenvalue weighted by atomic mass is 35.5. The Morgan fingerprint density at radius 2 is 1.86 bits per heavy atom. The van der Waals surface area contributed by atoms with Gasteiger partial charge in [-0.25, -0.2) is 0 Å². The average Bonchev–Trinajstić information content (AvgIpc) is 2.71. The third-order valence-electron chi connectivity index (χ3n) is 6.01. The van der Waals surface area contributed by atoms with Crippen LogP contribution in [0.4, 0.5) is 0 Å². The third-order valence-corrected chi connectivity index (χ3v) is 6.25. The van der Waals surface area contributed by atoms with Crippen molar-refractivity contribution in [2.45, 2.75) is 63.3 Å².